The molecule has 13 heavy (non-hydrogen) atoms. The number of aliphatic hydroxyl groups is 1. The van der Waals surface area contributed by atoms with Gasteiger partial charge in [-0.05, 0) is 30.7 Å². The number of hydrogen-bond acceptors (Lipinski definition) is 2. The average molecular weight is 184 g/mol. The van der Waals surface area contributed by atoms with Crippen LogP contribution in [-0.2, 0) is 0 Å². The Balaban J connectivity index is 2.53. The first-order valence-corrected chi connectivity index (χ1v) is 4.24. The van der Waals surface area contributed by atoms with Crippen molar-refractivity contribution in [2.24, 2.45) is 0 Å². The Morgan fingerprint density at radius 2 is 2.23 bits per heavy atom. The molecule has 0 aromatic heterocycles. The molecule has 0 heterocycles. The lowest BCUT2D eigenvalue weighted by Crippen LogP contribution is -2.00. The molecule has 1 aromatic rings. The number of hydrogen-bond donors (Lipinski definition) is 1. The van der Waals surface area contributed by atoms with Crippen molar-refractivity contribution >= 4 is 0 Å². The SMILES string of the molecule is Cc1cc(OCCCO)ccc1F. The lowest BCUT2D eigenvalue weighted by Gasteiger charge is -2.05. The van der Waals surface area contributed by atoms with Crippen LogP contribution in [0, 0.1) is 12.7 Å². The third kappa shape index (κ3) is 3.03. The second kappa shape index (κ2) is 4.82. The molecule has 0 aliphatic heterocycles. The molecule has 1 N–H and O–H groups in total. The smallest absolute Gasteiger partial charge is 0.126 e. The molecule has 0 fully saturated rings. The normalized spacial score (nSPS) is 10.1. The highest BCUT2D eigenvalue weighted by Gasteiger charge is 1.98. The van der Waals surface area contributed by atoms with Crippen LogP contribution in [0.3, 0.4) is 0 Å². The van der Waals surface area contributed by atoms with Gasteiger partial charge in [0.2, 0.25) is 0 Å². The highest BCUT2D eigenvalue weighted by Crippen LogP contribution is 2.15. The van der Waals surface area contributed by atoms with Gasteiger partial charge in [0, 0.05) is 13.0 Å². The number of aryl methyl sites for hydroxylation is 1. The predicted molar refractivity (Wildman–Crippen MR) is 48.3 cm³/mol. The molecule has 0 bridgehead atoms. The van der Waals surface area contributed by atoms with Crippen LogP contribution >= 0.6 is 0 Å². The third-order valence-electron chi connectivity index (χ3n) is 1.70. The summed E-state index contributed by atoms with van der Waals surface area (Å²) in [4.78, 5) is 0. The maximum atomic E-state index is 12.8. The monoisotopic (exact) mass is 184 g/mol. The summed E-state index contributed by atoms with van der Waals surface area (Å²) in [6.45, 7) is 2.26. The highest BCUT2D eigenvalue weighted by molar-refractivity contribution is 5.28. The summed E-state index contributed by atoms with van der Waals surface area (Å²) in [5.74, 6) is 0.418. The lowest BCUT2D eigenvalue weighted by atomic mass is 10.2. The fourth-order valence-corrected chi connectivity index (χ4v) is 0.962. The van der Waals surface area contributed by atoms with Crippen molar-refractivity contribution < 1.29 is 14.2 Å². The van der Waals surface area contributed by atoms with Crippen molar-refractivity contribution in [3.8, 4) is 5.75 Å². The Labute approximate surface area is 77.0 Å². The molecule has 0 spiro atoms. The van der Waals surface area contributed by atoms with Crippen molar-refractivity contribution in [1.29, 1.82) is 0 Å². The maximum absolute atomic E-state index is 12.8. The minimum absolute atomic E-state index is 0.111. The molecular formula is C10H13FO2. The van der Waals surface area contributed by atoms with Crippen LogP contribution in [0.2, 0.25) is 0 Å². The van der Waals surface area contributed by atoms with Gasteiger partial charge in [0.05, 0.1) is 6.61 Å². The topological polar surface area (TPSA) is 29.5 Å². The van der Waals surface area contributed by atoms with E-state index >= 15 is 0 Å². The minimum atomic E-state index is -0.227. The average Bonchev–Trinajstić information content (AvgIpc) is 2.12. The Kier molecular flexibility index (Phi) is 3.71. The van der Waals surface area contributed by atoms with E-state index in [1.807, 2.05) is 0 Å². The summed E-state index contributed by atoms with van der Waals surface area (Å²) in [5, 5.41) is 8.50. The zero-order chi connectivity index (χ0) is 9.68. The van der Waals surface area contributed by atoms with Crippen LogP contribution in [0.4, 0.5) is 4.39 Å². The first-order chi connectivity index (χ1) is 6.24. The first-order valence-electron chi connectivity index (χ1n) is 4.24. The predicted octanol–water partition coefficient (Wildman–Crippen LogP) is 1.90. The van der Waals surface area contributed by atoms with E-state index in [2.05, 4.69) is 0 Å². The number of rotatable bonds is 4. The van der Waals surface area contributed by atoms with Crippen molar-refractivity contribution in [2.75, 3.05) is 13.2 Å². The first kappa shape index (κ1) is 9.99. The number of benzene rings is 1. The molecule has 0 saturated heterocycles. The molecule has 1 rings (SSSR count). The molecule has 0 amide bonds. The van der Waals surface area contributed by atoms with Gasteiger partial charge >= 0.3 is 0 Å². The summed E-state index contributed by atoms with van der Waals surface area (Å²) in [7, 11) is 0. The number of halogens is 1. The largest absolute Gasteiger partial charge is 0.493 e. The van der Waals surface area contributed by atoms with E-state index in [1.54, 1.807) is 19.1 Å². The molecule has 0 radical (unpaired) electrons. The van der Waals surface area contributed by atoms with Gasteiger partial charge in [-0.1, -0.05) is 0 Å². The zero-order valence-electron chi connectivity index (χ0n) is 7.59. The van der Waals surface area contributed by atoms with Crippen molar-refractivity contribution in [2.45, 2.75) is 13.3 Å². The van der Waals surface area contributed by atoms with Gasteiger partial charge in [-0.3, -0.25) is 0 Å². The van der Waals surface area contributed by atoms with E-state index in [0.717, 1.165) is 0 Å². The van der Waals surface area contributed by atoms with E-state index in [9.17, 15) is 4.39 Å². The molecule has 0 saturated carbocycles. The Hall–Kier alpha value is -1.09. The number of ether oxygens (including phenoxy) is 1. The molecule has 3 heteroatoms. The second-order valence-corrected chi connectivity index (χ2v) is 2.84. The van der Waals surface area contributed by atoms with Crippen molar-refractivity contribution in [3.63, 3.8) is 0 Å². The summed E-state index contributed by atoms with van der Waals surface area (Å²) in [6, 6.07) is 4.61. The Morgan fingerprint density at radius 1 is 1.46 bits per heavy atom. The van der Waals surface area contributed by atoms with Gasteiger partial charge in [-0.25, -0.2) is 4.39 Å². The molecule has 0 unspecified atom stereocenters. The van der Waals surface area contributed by atoms with E-state index < -0.39 is 0 Å². The van der Waals surface area contributed by atoms with Crippen molar-refractivity contribution in [3.05, 3.63) is 29.6 Å². The molecule has 72 valence electrons. The summed E-state index contributed by atoms with van der Waals surface area (Å²) in [5.41, 5.74) is 0.571. The molecular weight excluding hydrogens is 171 g/mol. The molecule has 2 nitrogen and oxygen atoms in total. The van der Waals surface area contributed by atoms with Gasteiger partial charge in [0.1, 0.15) is 11.6 Å². The molecule has 0 aliphatic carbocycles. The standard InChI is InChI=1S/C10H13FO2/c1-8-7-9(3-4-10(8)11)13-6-2-5-12/h3-4,7,12H,2,5-6H2,1H3. The van der Waals surface area contributed by atoms with Crippen LogP contribution in [0.25, 0.3) is 0 Å². The van der Waals surface area contributed by atoms with Gasteiger partial charge in [0.25, 0.3) is 0 Å². The number of aliphatic hydroxyl groups excluding tert-OH is 1. The third-order valence-corrected chi connectivity index (χ3v) is 1.70. The quantitative estimate of drug-likeness (QED) is 0.724. The fraction of sp³-hybridized carbons (Fsp3) is 0.400. The van der Waals surface area contributed by atoms with Crippen molar-refractivity contribution in [1.82, 2.24) is 0 Å². The Bertz CT molecular complexity index is 274. The van der Waals surface area contributed by atoms with Gasteiger partial charge in [-0.15, -0.1) is 0 Å². The van der Waals surface area contributed by atoms with E-state index in [4.69, 9.17) is 9.84 Å². The highest BCUT2D eigenvalue weighted by atomic mass is 19.1. The summed E-state index contributed by atoms with van der Waals surface area (Å²) in [6.07, 6.45) is 0.594. The van der Waals surface area contributed by atoms with Gasteiger partial charge < -0.3 is 9.84 Å². The van der Waals surface area contributed by atoms with Crippen LogP contribution in [-0.4, -0.2) is 18.3 Å². The van der Waals surface area contributed by atoms with Crippen LogP contribution in [0.5, 0.6) is 5.75 Å². The maximum Gasteiger partial charge on any atom is 0.126 e. The van der Waals surface area contributed by atoms with Gasteiger partial charge in [-0.2, -0.15) is 0 Å². The minimum Gasteiger partial charge on any atom is -0.493 e. The second-order valence-electron chi connectivity index (χ2n) is 2.84. The fourth-order valence-electron chi connectivity index (χ4n) is 0.962. The zero-order valence-corrected chi connectivity index (χ0v) is 7.59. The summed E-state index contributed by atoms with van der Waals surface area (Å²) < 4.78 is 18.0. The lowest BCUT2D eigenvalue weighted by molar-refractivity contribution is 0.233. The molecule has 0 atom stereocenters. The van der Waals surface area contributed by atoms with E-state index in [-0.39, 0.29) is 12.4 Å². The summed E-state index contributed by atoms with van der Waals surface area (Å²) >= 11 is 0. The molecule has 1 aromatic carbocycles. The van der Waals surface area contributed by atoms with E-state index in [1.165, 1.54) is 6.07 Å². The molecule has 0 aliphatic rings. The van der Waals surface area contributed by atoms with Gasteiger partial charge in [0.15, 0.2) is 0 Å². The van der Waals surface area contributed by atoms with E-state index in [0.29, 0.717) is 24.3 Å². The van der Waals surface area contributed by atoms with Crippen LogP contribution in [0.1, 0.15) is 12.0 Å². The van der Waals surface area contributed by atoms with Crippen LogP contribution in [0.15, 0.2) is 18.2 Å². The Morgan fingerprint density at radius 3 is 2.85 bits per heavy atom. The van der Waals surface area contributed by atoms with Crippen LogP contribution < -0.4 is 4.74 Å².